The van der Waals surface area contributed by atoms with Gasteiger partial charge in [0, 0.05) is 12.6 Å². The molecular formula is C11H25NO2S. The molecule has 0 amide bonds. The van der Waals surface area contributed by atoms with Crippen LogP contribution in [0.5, 0.6) is 0 Å². The van der Waals surface area contributed by atoms with E-state index in [4.69, 9.17) is 0 Å². The predicted octanol–water partition coefficient (Wildman–Crippen LogP) is 1.98. The van der Waals surface area contributed by atoms with E-state index in [0.717, 1.165) is 12.8 Å². The molecule has 4 heteroatoms. The van der Waals surface area contributed by atoms with Crippen molar-refractivity contribution >= 4 is 9.84 Å². The SMILES string of the molecule is CCC(CC)NCCS(=O)(=O)C(C)CC. The van der Waals surface area contributed by atoms with Gasteiger partial charge in [-0.15, -0.1) is 0 Å². The van der Waals surface area contributed by atoms with E-state index in [9.17, 15) is 8.42 Å². The highest BCUT2D eigenvalue weighted by Crippen LogP contribution is 2.05. The summed E-state index contributed by atoms with van der Waals surface area (Å²) in [5, 5.41) is 3.07. The Labute approximate surface area is 94.6 Å². The maximum Gasteiger partial charge on any atom is 0.154 e. The van der Waals surface area contributed by atoms with Gasteiger partial charge in [0.15, 0.2) is 9.84 Å². The van der Waals surface area contributed by atoms with Gasteiger partial charge in [-0.25, -0.2) is 8.42 Å². The Hall–Kier alpha value is -0.0900. The molecule has 1 N–H and O–H groups in total. The van der Waals surface area contributed by atoms with E-state index in [2.05, 4.69) is 19.2 Å². The van der Waals surface area contributed by atoms with E-state index >= 15 is 0 Å². The summed E-state index contributed by atoms with van der Waals surface area (Å²) in [6, 6.07) is 0.456. The average molecular weight is 235 g/mol. The van der Waals surface area contributed by atoms with Crippen molar-refractivity contribution in [3.05, 3.63) is 0 Å². The van der Waals surface area contributed by atoms with Crippen molar-refractivity contribution in [3.8, 4) is 0 Å². The first-order valence-electron chi connectivity index (χ1n) is 5.92. The van der Waals surface area contributed by atoms with Crippen LogP contribution < -0.4 is 5.32 Å². The van der Waals surface area contributed by atoms with Crippen LogP contribution in [0.3, 0.4) is 0 Å². The normalized spacial score (nSPS) is 14.5. The molecule has 0 aromatic carbocycles. The van der Waals surface area contributed by atoms with Crippen LogP contribution in [-0.4, -0.2) is 32.0 Å². The second kappa shape index (κ2) is 7.23. The molecule has 0 aromatic rings. The average Bonchev–Trinajstić information content (AvgIpc) is 2.23. The number of hydrogen-bond donors (Lipinski definition) is 1. The Bertz CT molecular complexity index is 245. The number of nitrogens with one attached hydrogen (secondary N) is 1. The summed E-state index contributed by atoms with van der Waals surface area (Å²) >= 11 is 0. The van der Waals surface area contributed by atoms with Crippen LogP contribution in [0, 0.1) is 0 Å². The lowest BCUT2D eigenvalue weighted by Crippen LogP contribution is -2.34. The maximum absolute atomic E-state index is 11.7. The molecule has 0 aliphatic heterocycles. The highest BCUT2D eigenvalue weighted by Gasteiger charge is 2.18. The molecule has 0 saturated carbocycles. The molecule has 92 valence electrons. The van der Waals surface area contributed by atoms with E-state index in [1.54, 1.807) is 6.92 Å². The Morgan fingerprint density at radius 2 is 1.60 bits per heavy atom. The second-order valence-corrected chi connectivity index (χ2v) is 6.59. The van der Waals surface area contributed by atoms with Crippen LogP contribution in [0.25, 0.3) is 0 Å². The molecule has 0 bridgehead atoms. The smallest absolute Gasteiger partial charge is 0.154 e. The van der Waals surface area contributed by atoms with Crippen LogP contribution in [0.2, 0.25) is 0 Å². The minimum atomic E-state index is -2.88. The molecule has 0 spiro atoms. The molecule has 0 aliphatic carbocycles. The lowest BCUT2D eigenvalue weighted by Gasteiger charge is -2.16. The van der Waals surface area contributed by atoms with E-state index in [1.807, 2.05) is 6.92 Å². The zero-order chi connectivity index (χ0) is 11.9. The third-order valence-electron chi connectivity index (χ3n) is 2.99. The fraction of sp³-hybridized carbons (Fsp3) is 1.00. The van der Waals surface area contributed by atoms with Crippen molar-refractivity contribution in [2.45, 2.75) is 58.2 Å². The van der Waals surface area contributed by atoms with Crippen molar-refractivity contribution in [2.75, 3.05) is 12.3 Å². The number of sulfone groups is 1. The standard InChI is InChI=1S/C11H25NO2S/c1-5-10(4)15(13,14)9-8-12-11(6-2)7-3/h10-12H,5-9H2,1-4H3. The van der Waals surface area contributed by atoms with Gasteiger partial charge < -0.3 is 5.32 Å². The molecule has 1 unspecified atom stereocenters. The summed E-state index contributed by atoms with van der Waals surface area (Å²) in [6.45, 7) is 8.51. The van der Waals surface area contributed by atoms with E-state index in [0.29, 0.717) is 19.0 Å². The first-order valence-corrected chi connectivity index (χ1v) is 7.64. The molecular weight excluding hydrogens is 210 g/mol. The van der Waals surface area contributed by atoms with Gasteiger partial charge in [-0.2, -0.15) is 0 Å². The first kappa shape index (κ1) is 14.9. The largest absolute Gasteiger partial charge is 0.313 e. The molecule has 0 fully saturated rings. The Morgan fingerprint density at radius 3 is 2.00 bits per heavy atom. The van der Waals surface area contributed by atoms with Crippen molar-refractivity contribution < 1.29 is 8.42 Å². The fourth-order valence-corrected chi connectivity index (χ4v) is 2.75. The number of hydrogen-bond acceptors (Lipinski definition) is 3. The van der Waals surface area contributed by atoms with Gasteiger partial charge in [0.2, 0.25) is 0 Å². The third kappa shape index (κ3) is 5.52. The summed E-state index contributed by atoms with van der Waals surface area (Å²) in [5.74, 6) is 0.262. The Balaban J connectivity index is 3.95. The van der Waals surface area contributed by atoms with Crippen molar-refractivity contribution in [3.63, 3.8) is 0 Å². The van der Waals surface area contributed by atoms with Gasteiger partial charge in [0.1, 0.15) is 0 Å². The van der Waals surface area contributed by atoms with Crippen LogP contribution >= 0.6 is 0 Å². The highest BCUT2D eigenvalue weighted by atomic mass is 32.2. The van der Waals surface area contributed by atoms with E-state index in [-0.39, 0.29) is 11.0 Å². The van der Waals surface area contributed by atoms with Gasteiger partial charge >= 0.3 is 0 Å². The molecule has 3 nitrogen and oxygen atoms in total. The van der Waals surface area contributed by atoms with Crippen LogP contribution in [0.4, 0.5) is 0 Å². The summed E-state index contributed by atoms with van der Waals surface area (Å²) in [7, 11) is -2.88. The maximum atomic E-state index is 11.7. The minimum Gasteiger partial charge on any atom is -0.313 e. The molecule has 0 radical (unpaired) electrons. The Morgan fingerprint density at radius 1 is 1.07 bits per heavy atom. The van der Waals surface area contributed by atoms with Crippen LogP contribution in [0.15, 0.2) is 0 Å². The quantitative estimate of drug-likeness (QED) is 0.700. The van der Waals surface area contributed by atoms with Gasteiger partial charge in [0.25, 0.3) is 0 Å². The molecule has 15 heavy (non-hydrogen) atoms. The molecule has 0 aliphatic rings. The first-order chi connectivity index (χ1) is 6.97. The van der Waals surface area contributed by atoms with Gasteiger partial charge in [-0.1, -0.05) is 20.8 Å². The fourth-order valence-electron chi connectivity index (χ4n) is 1.44. The van der Waals surface area contributed by atoms with Crippen LogP contribution in [0.1, 0.15) is 47.0 Å². The lowest BCUT2D eigenvalue weighted by atomic mass is 10.2. The third-order valence-corrected chi connectivity index (χ3v) is 5.33. The van der Waals surface area contributed by atoms with Crippen LogP contribution in [-0.2, 0) is 9.84 Å². The molecule has 1 atom stereocenters. The second-order valence-electron chi connectivity index (χ2n) is 4.05. The monoisotopic (exact) mass is 235 g/mol. The van der Waals surface area contributed by atoms with Gasteiger partial charge in [-0.05, 0) is 26.2 Å². The zero-order valence-electron chi connectivity index (χ0n) is 10.4. The summed E-state index contributed by atoms with van der Waals surface area (Å²) in [6.07, 6.45) is 2.81. The zero-order valence-corrected chi connectivity index (χ0v) is 11.2. The lowest BCUT2D eigenvalue weighted by molar-refractivity contribution is 0.496. The van der Waals surface area contributed by atoms with Gasteiger partial charge in [0.05, 0.1) is 11.0 Å². The van der Waals surface area contributed by atoms with Crippen molar-refractivity contribution in [2.24, 2.45) is 0 Å². The minimum absolute atomic E-state index is 0.207. The molecule has 0 rings (SSSR count). The topological polar surface area (TPSA) is 46.2 Å². The summed E-state index contributed by atoms with van der Waals surface area (Å²) in [5.41, 5.74) is 0. The molecule has 0 aromatic heterocycles. The van der Waals surface area contributed by atoms with Crippen molar-refractivity contribution in [1.82, 2.24) is 5.32 Å². The molecule has 0 heterocycles. The number of rotatable bonds is 8. The van der Waals surface area contributed by atoms with Crippen molar-refractivity contribution in [1.29, 1.82) is 0 Å². The highest BCUT2D eigenvalue weighted by molar-refractivity contribution is 7.92. The Kier molecular flexibility index (Phi) is 7.18. The van der Waals surface area contributed by atoms with E-state index < -0.39 is 9.84 Å². The summed E-state index contributed by atoms with van der Waals surface area (Å²) < 4.78 is 23.4. The summed E-state index contributed by atoms with van der Waals surface area (Å²) in [4.78, 5) is 0. The molecule has 0 saturated heterocycles. The predicted molar refractivity (Wildman–Crippen MR) is 65.9 cm³/mol. The van der Waals surface area contributed by atoms with E-state index in [1.165, 1.54) is 0 Å². The van der Waals surface area contributed by atoms with Gasteiger partial charge in [-0.3, -0.25) is 0 Å².